The van der Waals surface area contributed by atoms with Gasteiger partial charge in [0.2, 0.25) is 5.91 Å². The number of rotatable bonds is 5. The van der Waals surface area contributed by atoms with Crippen molar-refractivity contribution < 1.29 is 14.3 Å². The van der Waals surface area contributed by atoms with Gasteiger partial charge in [0.25, 0.3) is 0 Å². The number of amides is 3. The highest BCUT2D eigenvalue weighted by atomic mass is 16.5. The van der Waals surface area contributed by atoms with Gasteiger partial charge in [0.15, 0.2) is 0 Å². The van der Waals surface area contributed by atoms with E-state index in [1.165, 1.54) is 0 Å². The first-order chi connectivity index (χ1) is 12.2. The monoisotopic (exact) mass is 340 g/mol. The van der Waals surface area contributed by atoms with E-state index in [1.807, 2.05) is 31.2 Å². The minimum atomic E-state index is -0.336. The topological polar surface area (TPSA) is 83.6 Å². The number of hydrogen-bond donors (Lipinski definition) is 2. The Balaban J connectivity index is 1.57. The van der Waals surface area contributed by atoms with Gasteiger partial charge in [0.1, 0.15) is 5.75 Å². The normalized spacial score (nSPS) is 16.6. The van der Waals surface area contributed by atoms with Gasteiger partial charge >= 0.3 is 6.03 Å². The molecule has 2 heterocycles. The number of nitrogens with one attached hydrogen (secondary N) is 2. The van der Waals surface area contributed by atoms with Crippen LogP contribution in [0.3, 0.4) is 0 Å². The minimum Gasteiger partial charge on any atom is -0.494 e. The number of aromatic nitrogens is 1. The van der Waals surface area contributed by atoms with Crippen LogP contribution in [0.15, 0.2) is 48.8 Å². The van der Waals surface area contributed by atoms with Gasteiger partial charge in [-0.3, -0.25) is 9.78 Å². The molecule has 2 N–H and O–H groups in total. The first-order valence-corrected chi connectivity index (χ1v) is 8.16. The fraction of sp³-hybridized carbons (Fsp3) is 0.278. The van der Waals surface area contributed by atoms with E-state index in [1.54, 1.807) is 29.4 Å². The summed E-state index contributed by atoms with van der Waals surface area (Å²) in [6.07, 6.45) is 3.47. The predicted molar refractivity (Wildman–Crippen MR) is 94.8 cm³/mol. The van der Waals surface area contributed by atoms with E-state index in [4.69, 9.17) is 4.74 Å². The van der Waals surface area contributed by atoms with Crippen molar-refractivity contribution >= 4 is 23.3 Å². The number of carbonyl (C=O) groups is 2. The van der Waals surface area contributed by atoms with Crippen LogP contribution in [0.5, 0.6) is 5.75 Å². The Morgan fingerprint density at radius 2 is 1.96 bits per heavy atom. The third-order valence-electron chi connectivity index (χ3n) is 3.86. The number of anilines is 2. The first kappa shape index (κ1) is 16.8. The van der Waals surface area contributed by atoms with Crippen LogP contribution in [0.4, 0.5) is 16.2 Å². The van der Waals surface area contributed by atoms with Crippen LogP contribution >= 0.6 is 0 Å². The van der Waals surface area contributed by atoms with Crippen molar-refractivity contribution in [3.63, 3.8) is 0 Å². The molecule has 0 saturated carbocycles. The molecule has 0 aliphatic carbocycles. The largest absolute Gasteiger partial charge is 0.494 e. The summed E-state index contributed by atoms with van der Waals surface area (Å²) >= 11 is 0. The number of hydrogen-bond acceptors (Lipinski definition) is 4. The van der Waals surface area contributed by atoms with Gasteiger partial charge in [-0.15, -0.1) is 0 Å². The van der Waals surface area contributed by atoms with Crippen LogP contribution in [0.2, 0.25) is 0 Å². The highest BCUT2D eigenvalue weighted by molar-refractivity contribution is 5.97. The molecule has 3 amide bonds. The molecule has 0 bridgehead atoms. The van der Waals surface area contributed by atoms with Crippen LogP contribution in [0.1, 0.15) is 13.3 Å². The fourth-order valence-electron chi connectivity index (χ4n) is 2.73. The molecule has 130 valence electrons. The summed E-state index contributed by atoms with van der Waals surface area (Å²) < 4.78 is 5.41. The lowest BCUT2D eigenvalue weighted by molar-refractivity contribution is -0.117. The molecule has 1 atom stereocenters. The van der Waals surface area contributed by atoms with Gasteiger partial charge < -0.3 is 20.3 Å². The molecule has 1 unspecified atom stereocenters. The average Bonchev–Trinajstić information content (AvgIpc) is 2.97. The highest BCUT2D eigenvalue weighted by Crippen LogP contribution is 2.24. The van der Waals surface area contributed by atoms with Gasteiger partial charge in [-0.25, -0.2) is 4.79 Å². The summed E-state index contributed by atoms with van der Waals surface area (Å²) in [6.45, 7) is 2.96. The summed E-state index contributed by atoms with van der Waals surface area (Å²) in [6, 6.07) is 10.2. The fourth-order valence-corrected chi connectivity index (χ4v) is 2.73. The summed E-state index contributed by atoms with van der Waals surface area (Å²) in [4.78, 5) is 29.9. The zero-order chi connectivity index (χ0) is 17.6. The SMILES string of the molecule is CCOc1ccc(N2CC(NC(=O)Nc3ccncc3)CC2=O)cc1. The van der Waals surface area contributed by atoms with E-state index in [0.717, 1.165) is 11.4 Å². The van der Waals surface area contributed by atoms with Crippen molar-refractivity contribution in [3.8, 4) is 5.75 Å². The second kappa shape index (κ2) is 7.65. The van der Waals surface area contributed by atoms with Crippen molar-refractivity contribution in [2.45, 2.75) is 19.4 Å². The number of nitrogens with zero attached hydrogens (tertiary/aromatic N) is 2. The lowest BCUT2D eigenvalue weighted by Crippen LogP contribution is -2.39. The first-order valence-electron chi connectivity index (χ1n) is 8.16. The number of pyridine rings is 1. The van der Waals surface area contributed by atoms with Gasteiger partial charge in [0.05, 0.1) is 12.6 Å². The lowest BCUT2D eigenvalue weighted by Gasteiger charge is -2.18. The molecule has 1 fully saturated rings. The standard InChI is InChI=1S/C18H20N4O3/c1-2-25-16-5-3-15(4-6-16)22-12-14(11-17(22)23)21-18(24)20-13-7-9-19-10-8-13/h3-10,14H,2,11-12H2,1H3,(H2,19,20,21,24). The smallest absolute Gasteiger partial charge is 0.319 e. The molecule has 1 aliphatic rings. The maximum absolute atomic E-state index is 12.3. The Kier molecular flexibility index (Phi) is 5.13. The number of ether oxygens (including phenoxy) is 1. The zero-order valence-corrected chi connectivity index (χ0v) is 13.9. The summed E-state index contributed by atoms with van der Waals surface area (Å²) in [5.74, 6) is 0.752. The Morgan fingerprint density at radius 3 is 2.64 bits per heavy atom. The van der Waals surface area contributed by atoms with Crippen LogP contribution < -0.4 is 20.3 Å². The van der Waals surface area contributed by atoms with E-state index in [9.17, 15) is 9.59 Å². The lowest BCUT2D eigenvalue weighted by atomic mass is 10.2. The maximum Gasteiger partial charge on any atom is 0.319 e. The third-order valence-corrected chi connectivity index (χ3v) is 3.86. The molecular weight excluding hydrogens is 320 g/mol. The third kappa shape index (κ3) is 4.26. The van der Waals surface area contributed by atoms with Crippen molar-refractivity contribution in [1.82, 2.24) is 10.3 Å². The molecule has 1 aliphatic heterocycles. The molecule has 7 nitrogen and oxygen atoms in total. The van der Waals surface area contributed by atoms with Gasteiger partial charge in [-0.2, -0.15) is 0 Å². The van der Waals surface area contributed by atoms with Crippen molar-refractivity contribution in [1.29, 1.82) is 0 Å². The maximum atomic E-state index is 12.3. The minimum absolute atomic E-state index is 0.0154. The van der Waals surface area contributed by atoms with E-state index in [2.05, 4.69) is 15.6 Å². The highest BCUT2D eigenvalue weighted by Gasteiger charge is 2.31. The molecule has 0 spiro atoms. The quantitative estimate of drug-likeness (QED) is 0.875. The summed E-state index contributed by atoms with van der Waals surface area (Å²) in [5, 5.41) is 5.55. The van der Waals surface area contributed by atoms with Gasteiger partial charge in [-0.05, 0) is 43.3 Å². The Morgan fingerprint density at radius 1 is 1.24 bits per heavy atom. The van der Waals surface area contributed by atoms with Gasteiger partial charge in [0, 0.05) is 36.7 Å². The van der Waals surface area contributed by atoms with Crippen LogP contribution in [-0.2, 0) is 4.79 Å². The molecule has 1 aromatic carbocycles. The van der Waals surface area contributed by atoms with E-state index in [0.29, 0.717) is 18.8 Å². The average molecular weight is 340 g/mol. The van der Waals surface area contributed by atoms with E-state index >= 15 is 0 Å². The number of urea groups is 1. The Labute approximate surface area is 146 Å². The van der Waals surface area contributed by atoms with Crippen molar-refractivity contribution in [2.75, 3.05) is 23.4 Å². The van der Waals surface area contributed by atoms with Crippen LogP contribution in [0.25, 0.3) is 0 Å². The molecule has 1 aromatic heterocycles. The zero-order valence-electron chi connectivity index (χ0n) is 13.9. The molecule has 3 rings (SSSR count). The Hall–Kier alpha value is -3.09. The molecule has 7 heteroatoms. The van der Waals surface area contributed by atoms with E-state index < -0.39 is 0 Å². The van der Waals surface area contributed by atoms with Crippen LogP contribution in [-0.4, -0.2) is 36.1 Å². The molecular formula is C18H20N4O3. The summed E-state index contributed by atoms with van der Waals surface area (Å²) in [7, 11) is 0. The summed E-state index contributed by atoms with van der Waals surface area (Å²) in [5.41, 5.74) is 1.45. The second-order valence-electron chi connectivity index (χ2n) is 5.67. The molecule has 0 radical (unpaired) electrons. The Bertz CT molecular complexity index is 734. The number of benzene rings is 1. The van der Waals surface area contributed by atoms with Crippen molar-refractivity contribution in [3.05, 3.63) is 48.8 Å². The van der Waals surface area contributed by atoms with E-state index in [-0.39, 0.29) is 24.4 Å². The molecule has 25 heavy (non-hydrogen) atoms. The second-order valence-corrected chi connectivity index (χ2v) is 5.67. The van der Waals surface area contributed by atoms with Crippen LogP contribution in [0, 0.1) is 0 Å². The molecule has 1 saturated heterocycles. The van der Waals surface area contributed by atoms with Crippen molar-refractivity contribution in [2.24, 2.45) is 0 Å². The predicted octanol–water partition coefficient (Wildman–Crippen LogP) is 2.41. The molecule has 2 aromatic rings. The van der Waals surface area contributed by atoms with Gasteiger partial charge in [-0.1, -0.05) is 0 Å². The number of carbonyl (C=O) groups excluding carboxylic acids is 2.